The number of aromatic nitrogens is 2. The summed E-state index contributed by atoms with van der Waals surface area (Å²) in [6.45, 7) is 3.93. The highest BCUT2D eigenvalue weighted by atomic mass is 19.1. The number of rotatable bonds is 21. The van der Waals surface area contributed by atoms with Gasteiger partial charge in [-0.1, -0.05) is 44.2 Å². The Morgan fingerprint density at radius 3 is 2.38 bits per heavy atom. The van der Waals surface area contributed by atoms with Crippen LogP contribution in [-0.2, 0) is 79.5 Å². The maximum atomic E-state index is 15.4. The summed E-state index contributed by atoms with van der Waals surface area (Å²) in [5, 5.41) is 20.3. The summed E-state index contributed by atoms with van der Waals surface area (Å²) in [6.07, 6.45) is 0.477. The Hall–Kier alpha value is -7.28. The lowest BCUT2D eigenvalue weighted by Gasteiger charge is -2.31. The number of nitrogens with one attached hydrogen (secondary N) is 3. The molecular weight excluding hydrogens is 932 g/mol. The van der Waals surface area contributed by atoms with Gasteiger partial charge in [-0.3, -0.25) is 48.1 Å². The highest BCUT2D eigenvalue weighted by Gasteiger charge is 2.46. The van der Waals surface area contributed by atoms with E-state index < -0.39 is 58.4 Å². The van der Waals surface area contributed by atoms with Crippen LogP contribution in [0.25, 0.3) is 22.3 Å². The number of halogens is 1. The van der Waals surface area contributed by atoms with Crippen LogP contribution >= 0.6 is 0 Å². The molecule has 5 heterocycles. The molecule has 4 N–H and O–H groups in total. The Balaban J connectivity index is 0.851. The van der Waals surface area contributed by atoms with Crippen molar-refractivity contribution in [2.75, 3.05) is 19.6 Å². The maximum absolute atomic E-state index is 15.4. The number of hydrogen-bond donors (Lipinski definition) is 4. The Morgan fingerprint density at radius 2 is 1.65 bits per heavy atom. The van der Waals surface area contributed by atoms with Crippen molar-refractivity contribution in [1.29, 1.82) is 0 Å². The van der Waals surface area contributed by atoms with Gasteiger partial charge in [-0.05, 0) is 67.3 Å². The lowest BCUT2D eigenvalue weighted by atomic mass is 9.81. The third-order valence-corrected chi connectivity index (χ3v) is 14.4. The third kappa shape index (κ3) is 10.4. The normalized spacial score (nSPS) is 19.0. The molecule has 4 aliphatic rings. The van der Waals surface area contributed by atoms with E-state index in [9.17, 15) is 53.1 Å². The lowest BCUT2D eigenvalue weighted by Crippen LogP contribution is -2.44. The van der Waals surface area contributed by atoms with Gasteiger partial charge in [0.25, 0.3) is 5.56 Å². The van der Waals surface area contributed by atoms with Crippen LogP contribution < -0.4 is 21.5 Å². The molecule has 4 atom stereocenters. The molecule has 8 rings (SSSR count). The zero-order chi connectivity index (χ0) is 51.6. The molecule has 0 bridgehead atoms. The van der Waals surface area contributed by atoms with Crippen LogP contribution in [-0.4, -0.2) is 92.0 Å². The monoisotopic (exact) mass is 988 g/mol. The molecule has 1 fully saturated rings. The molecular formula is C53H57FN6O12. The number of benzene rings is 2. The molecule has 5 amide bonds. The summed E-state index contributed by atoms with van der Waals surface area (Å²) in [5.41, 5.74) is 2.18. The van der Waals surface area contributed by atoms with Gasteiger partial charge in [-0.15, -0.1) is 0 Å². The average Bonchev–Trinajstić information content (AvgIpc) is 3.85. The quantitative estimate of drug-likeness (QED) is 0.0607. The van der Waals surface area contributed by atoms with Crippen LogP contribution in [0.5, 0.6) is 0 Å². The lowest BCUT2D eigenvalue weighted by molar-refractivity contribution is -0.172. The minimum atomic E-state index is -2.04. The number of fused-ring (bicyclic) bond motifs is 5. The summed E-state index contributed by atoms with van der Waals surface area (Å²) >= 11 is 0. The van der Waals surface area contributed by atoms with Crippen LogP contribution in [0.4, 0.5) is 4.39 Å². The number of pyridine rings is 2. The number of ether oxygens (including phenoxy) is 1. The first-order valence-electron chi connectivity index (χ1n) is 24.5. The van der Waals surface area contributed by atoms with Gasteiger partial charge in [0.2, 0.25) is 29.5 Å². The van der Waals surface area contributed by atoms with Crippen LogP contribution in [0.1, 0.15) is 123 Å². The van der Waals surface area contributed by atoms with Crippen molar-refractivity contribution in [2.24, 2.45) is 11.8 Å². The molecule has 2 aromatic heterocycles. The fourth-order valence-electron chi connectivity index (χ4n) is 10.3. The van der Waals surface area contributed by atoms with Crippen molar-refractivity contribution >= 4 is 63.8 Å². The van der Waals surface area contributed by atoms with E-state index >= 15 is 4.39 Å². The van der Waals surface area contributed by atoms with Gasteiger partial charge >= 0.3 is 5.97 Å². The second-order valence-corrected chi connectivity index (χ2v) is 19.3. The summed E-state index contributed by atoms with van der Waals surface area (Å²) in [7, 11) is 0. The predicted octanol–water partition coefficient (Wildman–Crippen LogP) is 3.55. The SMILES string of the molecule is CC[C@@]1(O)C(=O)OCc2c1cc1n(c2=O)Cc2c-1nc1cc(F)c(C)c3c1c2[C@@H](NC(=O)CCCC(=O)CNC(=O)[C@@H](CC(=O)CNC(=O)CCC(=O)CCN1C(=O)CC(C)C1=O)Cc1ccccc1)CC3. The number of cyclic esters (lactones) is 1. The Bertz CT molecular complexity index is 3010. The molecule has 3 aliphatic heterocycles. The number of carbonyl (C=O) groups excluding carboxylic acids is 9. The number of ketones is 3. The second kappa shape index (κ2) is 21.2. The van der Waals surface area contributed by atoms with Crippen molar-refractivity contribution in [3.63, 3.8) is 0 Å². The standard InChI is InChI=1S/C53H57FN6O12/c1-4-53(71)38-22-42-48-36(26-60(42)51(69)37(38)27-72-52(53)70)47-40(15-14-35-29(3)39(54)23-41(58-48)46(35)47)57-44(65)12-8-11-33(62)24-56-49(67)31(20-30-9-6-5-7-10-30)21-34(63)25-55-43(64)16-13-32(61)17-18-59-45(66)19-28(2)50(59)68/h5-7,9-10,22-23,28,31,40,71H,4,8,11-21,24-27H2,1-3H3,(H,55,64)(H,56,67)(H,57,65)/t28?,31-,40+,53+/m1/s1. The number of nitrogens with zero attached hydrogens (tertiary/aromatic N) is 3. The number of amides is 5. The number of aryl methyl sites for hydroxylation is 1. The molecule has 4 aromatic rings. The van der Waals surface area contributed by atoms with Crippen molar-refractivity contribution in [3.8, 4) is 11.4 Å². The van der Waals surface area contributed by atoms with Crippen LogP contribution in [0.15, 0.2) is 47.3 Å². The van der Waals surface area contributed by atoms with Crippen molar-refractivity contribution < 1.29 is 57.4 Å². The number of carbonyl (C=O) groups is 9. The number of likely N-dealkylation sites (tertiary alicyclic amines) is 1. The molecule has 19 heteroatoms. The largest absolute Gasteiger partial charge is 0.458 e. The van der Waals surface area contributed by atoms with Crippen LogP contribution in [0.2, 0.25) is 0 Å². The second-order valence-electron chi connectivity index (χ2n) is 19.3. The molecule has 378 valence electrons. The van der Waals surface area contributed by atoms with Gasteiger partial charge in [0.05, 0.1) is 48.1 Å². The van der Waals surface area contributed by atoms with Gasteiger partial charge in [0.15, 0.2) is 17.2 Å². The molecule has 0 radical (unpaired) electrons. The van der Waals surface area contributed by atoms with Gasteiger partial charge in [0.1, 0.15) is 18.2 Å². The van der Waals surface area contributed by atoms with Gasteiger partial charge in [0, 0.05) is 85.9 Å². The maximum Gasteiger partial charge on any atom is 0.343 e. The molecule has 18 nitrogen and oxygen atoms in total. The van der Waals surface area contributed by atoms with E-state index in [0.717, 1.165) is 16.0 Å². The fourth-order valence-corrected chi connectivity index (χ4v) is 10.3. The van der Waals surface area contributed by atoms with Crippen LogP contribution in [0, 0.1) is 24.6 Å². The van der Waals surface area contributed by atoms with Crippen LogP contribution in [0.3, 0.4) is 0 Å². The van der Waals surface area contributed by atoms with E-state index in [0.29, 0.717) is 51.8 Å². The van der Waals surface area contributed by atoms with Gasteiger partial charge in [-0.25, -0.2) is 14.2 Å². The third-order valence-electron chi connectivity index (χ3n) is 14.4. The smallest absolute Gasteiger partial charge is 0.343 e. The predicted molar refractivity (Wildman–Crippen MR) is 256 cm³/mol. The van der Waals surface area contributed by atoms with E-state index in [1.165, 1.54) is 10.6 Å². The van der Waals surface area contributed by atoms with E-state index in [2.05, 4.69) is 16.0 Å². The molecule has 2 aromatic carbocycles. The molecule has 1 saturated heterocycles. The summed E-state index contributed by atoms with van der Waals surface area (Å²) in [4.78, 5) is 135. The number of hydrogen-bond acceptors (Lipinski definition) is 13. The zero-order valence-corrected chi connectivity index (χ0v) is 40.5. The first-order chi connectivity index (χ1) is 34.4. The summed E-state index contributed by atoms with van der Waals surface area (Å²) < 4.78 is 22.1. The van der Waals surface area contributed by atoms with E-state index in [-0.39, 0.29) is 137 Å². The van der Waals surface area contributed by atoms with E-state index in [1.807, 2.05) is 0 Å². The van der Waals surface area contributed by atoms with E-state index in [4.69, 9.17) is 9.72 Å². The van der Waals surface area contributed by atoms with Crippen molar-refractivity contribution in [1.82, 2.24) is 30.4 Å². The number of Topliss-reactive ketones (excluding diaryl/α,β-unsaturated/α-hetero) is 3. The Morgan fingerprint density at radius 1 is 0.903 bits per heavy atom. The minimum absolute atomic E-state index is 0.0388. The molecule has 1 aliphatic carbocycles. The van der Waals surface area contributed by atoms with Gasteiger partial charge < -0.3 is 30.4 Å². The number of imide groups is 1. The van der Waals surface area contributed by atoms with E-state index in [1.54, 1.807) is 57.2 Å². The Labute approximate surface area is 413 Å². The topological polar surface area (TPSA) is 257 Å². The number of aliphatic hydroxyl groups is 1. The fraction of sp³-hybridized carbons (Fsp3) is 0.453. The first kappa shape index (κ1) is 51.1. The highest BCUT2D eigenvalue weighted by Crippen LogP contribution is 2.46. The van der Waals surface area contributed by atoms with Crippen molar-refractivity contribution in [3.05, 3.63) is 97.6 Å². The minimum Gasteiger partial charge on any atom is -0.458 e. The molecule has 72 heavy (non-hydrogen) atoms. The molecule has 0 saturated carbocycles. The van der Waals surface area contributed by atoms with Gasteiger partial charge in [-0.2, -0.15) is 0 Å². The average molecular weight is 989 g/mol. The number of esters is 1. The van der Waals surface area contributed by atoms with Crippen molar-refractivity contribution in [2.45, 2.75) is 123 Å². The summed E-state index contributed by atoms with van der Waals surface area (Å²) in [5.74, 6) is -5.83. The summed E-state index contributed by atoms with van der Waals surface area (Å²) in [6, 6.07) is 11.3. The zero-order valence-electron chi connectivity index (χ0n) is 40.5. The molecule has 0 spiro atoms. The Kier molecular flexibility index (Phi) is 15.0. The molecule has 1 unspecified atom stereocenters. The first-order valence-corrected chi connectivity index (χ1v) is 24.5. The highest BCUT2D eigenvalue weighted by molar-refractivity contribution is 6.03.